The fraction of sp³-hybridized carbons (Fsp3) is 0.545. The highest BCUT2D eigenvalue weighted by Gasteiger charge is 2.19. The highest BCUT2D eigenvalue weighted by Crippen LogP contribution is 2.13. The number of rotatable bonds is 57. The number of hydrogen-bond donors (Lipinski definition) is 0. The minimum atomic E-state index is -0.833. The van der Waals surface area contributed by atoms with Crippen molar-refractivity contribution in [2.45, 2.75) is 258 Å². The molecule has 0 saturated heterocycles. The number of esters is 3. The first kappa shape index (κ1) is 77.2. The largest absolute Gasteiger partial charge is 0.462 e. The second-order valence-corrected chi connectivity index (χ2v) is 20.9. The molecular weight excluding hydrogens is 1020 g/mol. The Labute approximate surface area is 509 Å². The number of carbonyl (C=O) groups is 3. The van der Waals surface area contributed by atoms with Gasteiger partial charge in [0.1, 0.15) is 13.2 Å². The van der Waals surface area contributed by atoms with Gasteiger partial charge in [-0.3, -0.25) is 14.4 Å². The molecule has 1 atom stereocenters. The maximum Gasteiger partial charge on any atom is 0.306 e. The summed E-state index contributed by atoms with van der Waals surface area (Å²) in [4.78, 5) is 38.3. The highest BCUT2D eigenvalue weighted by atomic mass is 16.6. The van der Waals surface area contributed by atoms with E-state index in [1.54, 1.807) is 0 Å². The van der Waals surface area contributed by atoms with Gasteiger partial charge >= 0.3 is 17.9 Å². The first-order valence-corrected chi connectivity index (χ1v) is 32.9. The molecule has 0 aromatic carbocycles. The van der Waals surface area contributed by atoms with Gasteiger partial charge in [-0.15, -0.1) is 0 Å². The van der Waals surface area contributed by atoms with E-state index in [1.807, 2.05) is 0 Å². The van der Waals surface area contributed by atoms with Gasteiger partial charge in [0.25, 0.3) is 0 Å². The fourth-order valence-electron chi connectivity index (χ4n) is 8.21. The maximum absolute atomic E-state index is 12.9. The van der Waals surface area contributed by atoms with Crippen LogP contribution in [0.1, 0.15) is 252 Å². The van der Waals surface area contributed by atoms with E-state index in [4.69, 9.17) is 14.2 Å². The number of ether oxygens (including phenoxy) is 3. The monoisotopic (exact) mass is 1140 g/mol. The van der Waals surface area contributed by atoms with Crippen molar-refractivity contribution in [3.8, 4) is 0 Å². The SMILES string of the molecule is CC/C=C\C/C=C\C/C=C\C/C=C\C/C=C\C/C=C\C/C=C\C/C=C\C/C=C\C/C=C\CCCCCCC(=O)OCC(COC(=O)CCCCCCC/C=C\CCCCCC)OC(=O)CCC/C=C\C/C=C\C/C=C\C/C=C\C/C=C\CC. The summed E-state index contributed by atoms with van der Waals surface area (Å²) < 4.78 is 16.8. The summed E-state index contributed by atoms with van der Waals surface area (Å²) in [5, 5.41) is 0. The molecule has 0 rings (SSSR count). The van der Waals surface area contributed by atoms with E-state index in [-0.39, 0.29) is 37.5 Å². The molecule has 1 unspecified atom stereocenters. The van der Waals surface area contributed by atoms with Gasteiger partial charge in [-0.05, 0) is 161 Å². The Balaban J connectivity index is 4.42. The molecule has 0 saturated carbocycles. The van der Waals surface area contributed by atoms with Gasteiger partial charge in [-0.1, -0.05) is 267 Å². The first-order chi connectivity index (χ1) is 41.0. The lowest BCUT2D eigenvalue weighted by Gasteiger charge is -2.18. The molecule has 6 heteroatoms. The van der Waals surface area contributed by atoms with Gasteiger partial charge in [0.05, 0.1) is 0 Å². The van der Waals surface area contributed by atoms with Crippen LogP contribution in [-0.4, -0.2) is 37.2 Å². The molecule has 0 amide bonds. The molecule has 0 N–H and O–H groups in total. The molecule has 0 heterocycles. The Morgan fingerprint density at radius 2 is 0.482 bits per heavy atom. The standard InChI is InChI=1S/C77H118O6/c1-4-7-10-13-16-19-22-25-27-29-30-31-32-33-34-35-36-37-38-39-40-41-42-43-44-45-46-48-49-52-55-58-61-64-67-70-76(79)82-73-74(72-81-75(78)69-66-63-60-57-54-51-24-21-18-15-12-9-6-3)83-77(80)71-68-65-62-59-56-53-50-47-28-26-23-20-17-14-11-8-5-2/h7-8,10-11,16-17,19-21,24-28,30-31,33-34,36-37,39-40,42-43,45-46,49-50,52-53,59,62,74H,4-6,9,12-15,18,22-23,29,32,35,38,41,44,47-48,51,54-58,60-61,63-73H2,1-3H3/b10-7-,11-8-,19-16-,20-17-,24-21-,27-25-,28-26-,31-30-,34-33-,37-36-,40-39-,43-42-,46-45-,52-49-,53-50-,62-59-. The summed E-state index contributed by atoms with van der Waals surface area (Å²) in [6.07, 6.45) is 104. The van der Waals surface area contributed by atoms with Crippen molar-refractivity contribution in [3.63, 3.8) is 0 Å². The smallest absolute Gasteiger partial charge is 0.306 e. The van der Waals surface area contributed by atoms with Crippen molar-refractivity contribution < 1.29 is 28.6 Å². The Morgan fingerprint density at radius 1 is 0.253 bits per heavy atom. The van der Waals surface area contributed by atoms with Crippen LogP contribution in [0.4, 0.5) is 0 Å². The van der Waals surface area contributed by atoms with E-state index in [0.717, 1.165) is 167 Å². The van der Waals surface area contributed by atoms with Crippen molar-refractivity contribution >= 4 is 17.9 Å². The zero-order valence-corrected chi connectivity index (χ0v) is 52.9. The molecule has 0 aromatic heterocycles. The Bertz CT molecular complexity index is 1990. The zero-order valence-electron chi connectivity index (χ0n) is 52.9. The summed E-state index contributed by atoms with van der Waals surface area (Å²) in [5.74, 6) is -1.02. The molecule has 0 fully saturated rings. The molecular formula is C77H118O6. The van der Waals surface area contributed by atoms with Gasteiger partial charge in [0.2, 0.25) is 0 Å². The average Bonchev–Trinajstić information content (AvgIpc) is 3.49. The van der Waals surface area contributed by atoms with Crippen LogP contribution in [0.5, 0.6) is 0 Å². The number of hydrogen-bond acceptors (Lipinski definition) is 6. The lowest BCUT2D eigenvalue weighted by molar-refractivity contribution is -0.167. The first-order valence-electron chi connectivity index (χ1n) is 32.9. The number of allylic oxidation sites excluding steroid dienone is 32. The van der Waals surface area contributed by atoms with Crippen molar-refractivity contribution in [3.05, 3.63) is 194 Å². The van der Waals surface area contributed by atoms with Crippen molar-refractivity contribution in [2.24, 2.45) is 0 Å². The summed E-state index contributed by atoms with van der Waals surface area (Å²) >= 11 is 0. The minimum Gasteiger partial charge on any atom is -0.462 e. The predicted molar refractivity (Wildman–Crippen MR) is 361 cm³/mol. The van der Waals surface area contributed by atoms with Crippen LogP contribution < -0.4 is 0 Å². The molecule has 6 nitrogen and oxygen atoms in total. The molecule has 0 aliphatic rings. The van der Waals surface area contributed by atoms with Crippen LogP contribution in [0, 0.1) is 0 Å². The van der Waals surface area contributed by atoms with E-state index >= 15 is 0 Å². The van der Waals surface area contributed by atoms with Crippen molar-refractivity contribution in [1.29, 1.82) is 0 Å². The van der Waals surface area contributed by atoms with E-state index in [9.17, 15) is 14.4 Å². The summed E-state index contributed by atoms with van der Waals surface area (Å²) in [6, 6.07) is 0. The van der Waals surface area contributed by atoms with E-state index in [0.29, 0.717) is 19.3 Å². The van der Waals surface area contributed by atoms with Gasteiger partial charge in [0.15, 0.2) is 6.10 Å². The lowest BCUT2D eigenvalue weighted by atomic mass is 10.1. The Morgan fingerprint density at radius 3 is 0.783 bits per heavy atom. The quantitative estimate of drug-likeness (QED) is 0.0261. The Kier molecular flexibility index (Phi) is 64.0. The van der Waals surface area contributed by atoms with Crippen LogP contribution >= 0.6 is 0 Å². The average molecular weight is 1140 g/mol. The topological polar surface area (TPSA) is 78.9 Å². The van der Waals surface area contributed by atoms with Gasteiger partial charge in [0, 0.05) is 19.3 Å². The zero-order chi connectivity index (χ0) is 59.9. The predicted octanol–water partition coefficient (Wildman–Crippen LogP) is 23.0. The van der Waals surface area contributed by atoms with Crippen molar-refractivity contribution in [2.75, 3.05) is 13.2 Å². The third-order valence-corrected chi connectivity index (χ3v) is 13.1. The van der Waals surface area contributed by atoms with E-state index < -0.39 is 6.10 Å². The molecule has 0 aromatic rings. The van der Waals surface area contributed by atoms with Crippen molar-refractivity contribution in [1.82, 2.24) is 0 Å². The molecule has 0 spiro atoms. The fourth-order valence-corrected chi connectivity index (χ4v) is 8.21. The van der Waals surface area contributed by atoms with Gasteiger partial charge in [-0.2, -0.15) is 0 Å². The second-order valence-electron chi connectivity index (χ2n) is 20.9. The van der Waals surface area contributed by atoms with E-state index in [1.165, 1.54) is 38.5 Å². The summed E-state index contributed by atoms with van der Waals surface area (Å²) in [5.41, 5.74) is 0. The number of unbranched alkanes of at least 4 members (excludes halogenated alkanes) is 14. The maximum atomic E-state index is 12.9. The van der Waals surface area contributed by atoms with Crippen LogP contribution in [0.3, 0.4) is 0 Å². The van der Waals surface area contributed by atoms with Crippen LogP contribution in [-0.2, 0) is 28.6 Å². The third kappa shape index (κ3) is 66.9. The normalized spacial score (nSPS) is 13.4. The summed E-state index contributed by atoms with van der Waals surface area (Å²) in [6.45, 7) is 6.30. The lowest BCUT2D eigenvalue weighted by Crippen LogP contribution is -2.30. The second kappa shape index (κ2) is 68.7. The molecule has 0 aliphatic carbocycles. The molecule has 0 aliphatic heterocycles. The van der Waals surface area contributed by atoms with Crippen LogP contribution in [0.25, 0.3) is 0 Å². The van der Waals surface area contributed by atoms with E-state index in [2.05, 4.69) is 215 Å². The number of carbonyl (C=O) groups excluding carboxylic acids is 3. The van der Waals surface area contributed by atoms with Gasteiger partial charge in [-0.25, -0.2) is 0 Å². The van der Waals surface area contributed by atoms with Crippen LogP contribution in [0.2, 0.25) is 0 Å². The highest BCUT2D eigenvalue weighted by molar-refractivity contribution is 5.71. The molecule has 83 heavy (non-hydrogen) atoms. The van der Waals surface area contributed by atoms with Crippen LogP contribution in [0.15, 0.2) is 194 Å². The van der Waals surface area contributed by atoms with Gasteiger partial charge < -0.3 is 14.2 Å². The molecule has 0 radical (unpaired) electrons. The third-order valence-electron chi connectivity index (χ3n) is 13.1. The molecule has 0 bridgehead atoms. The summed E-state index contributed by atoms with van der Waals surface area (Å²) in [7, 11) is 0. The molecule has 462 valence electrons. The Hall–Kier alpha value is -5.75. The minimum absolute atomic E-state index is 0.122.